The number of aromatic hydroxyl groups is 1. The van der Waals surface area contributed by atoms with E-state index in [4.69, 9.17) is 0 Å². The average Bonchev–Trinajstić information content (AvgIpc) is 2.40. The molecule has 6 nitrogen and oxygen atoms in total. The number of rotatable bonds is 3. The maximum absolute atomic E-state index is 12.2. The molecule has 21 heavy (non-hydrogen) atoms. The Hall–Kier alpha value is -2.89. The molecular formula is C15H14N2O4. The number of carbonyl (C=O) groups excluding carboxylic acids is 1. The van der Waals surface area contributed by atoms with Crippen molar-refractivity contribution in [1.29, 1.82) is 0 Å². The summed E-state index contributed by atoms with van der Waals surface area (Å²) in [6, 6.07) is 8.81. The molecule has 0 bridgehead atoms. The summed E-state index contributed by atoms with van der Waals surface area (Å²) in [5.41, 5.74) is 2.07. The van der Waals surface area contributed by atoms with Crippen LogP contribution in [0.2, 0.25) is 0 Å². The Morgan fingerprint density at radius 1 is 1.19 bits per heavy atom. The average molecular weight is 286 g/mol. The van der Waals surface area contributed by atoms with E-state index in [0.717, 1.165) is 17.2 Å². The second-order valence-electron chi connectivity index (χ2n) is 4.73. The smallest absolute Gasteiger partial charge is 0.271 e. The highest BCUT2D eigenvalue weighted by Gasteiger charge is 2.15. The number of anilines is 1. The molecule has 0 unspecified atom stereocenters. The summed E-state index contributed by atoms with van der Waals surface area (Å²) >= 11 is 0. The highest BCUT2D eigenvalue weighted by atomic mass is 16.6. The maximum Gasteiger partial charge on any atom is 0.271 e. The van der Waals surface area contributed by atoms with Gasteiger partial charge in [0.05, 0.1) is 10.6 Å². The first-order valence-electron chi connectivity index (χ1n) is 6.24. The molecule has 0 aliphatic rings. The molecule has 0 aliphatic heterocycles. The van der Waals surface area contributed by atoms with Gasteiger partial charge in [0.15, 0.2) is 0 Å². The van der Waals surface area contributed by atoms with Crippen molar-refractivity contribution in [3.8, 4) is 5.75 Å². The summed E-state index contributed by atoms with van der Waals surface area (Å²) in [4.78, 5) is 22.3. The van der Waals surface area contributed by atoms with Crippen molar-refractivity contribution < 1.29 is 14.8 Å². The van der Waals surface area contributed by atoms with Crippen molar-refractivity contribution in [3.05, 3.63) is 63.2 Å². The van der Waals surface area contributed by atoms with Gasteiger partial charge < -0.3 is 10.4 Å². The van der Waals surface area contributed by atoms with Crippen LogP contribution >= 0.6 is 0 Å². The fourth-order valence-electron chi connectivity index (χ4n) is 2.00. The summed E-state index contributed by atoms with van der Waals surface area (Å²) in [5, 5.41) is 22.9. The number of hydrogen-bond acceptors (Lipinski definition) is 4. The van der Waals surface area contributed by atoms with E-state index in [0.29, 0.717) is 5.56 Å². The highest BCUT2D eigenvalue weighted by molar-refractivity contribution is 6.06. The van der Waals surface area contributed by atoms with Crippen LogP contribution in [0.25, 0.3) is 0 Å². The number of aryl methyl sites for hydroxylation is 2. The van der Waals surface area contributed by atoms with Gasteiger partial charge in [0.1, 0.15) is 5.75 Å². The van der Waals surface area contributed by atoms with Gasteiger partial charge in [-0.3, -0.25) is 14.9 Å². The van der Waals surface area contributed by atoms with E-state index >= 15 is 0 Å². The van der Waals surface area contributed by atoms with E-state index in [1.165, 1.54) is 12.1 Å². The first-order chi connectivity index (χ1) is 9.88. The van der Waals surface area contributed by atoms with Crippen LogP contribution in [0.15, 0.2) is 36.4 Å². The molecule has 0 aromatic heterocycles. The number of benzene rings is 2. The summed E-state index contributed by atoms with van der Waals surface area (Å²) in [6.07, 6.45) is 0. The van der Waals surface area contributed by atoms with Crippen LogP contribution in [0.1, 0.15) is 21.5 Å². The number of hydrogen-bond donors (Lipinski definition) is 2. The lowest BCUT2D eigenvalue weighted by Crippen LogP contribution is -2.13. The number of nitrogens with one attached hydrogen (secondary N) is 1. The number of phenols is 1. The lowest BCUT2D eigenvalue weighted by Gasteiger charge is -2.09. The Morgan fingerprint density at radius 2 is 1.90 bits per heavy atom. The van der Waals surface area contributed by atoms with E-state index in [-0.39, 0.29) is 17.1 Å². The third-order valence-corrected chi connectivity index (χ3v) is 3.07. The number of nitrogens with zero attached hydrogens (tertiary/aromatic N) is 1. The zero-order chi connectivity index (χ0) is 15.6. The van der Waals surface area contributed by atoms with E-state index in [1.54, 1.807) is 19.1 Å². The molecule has 0 radical (unpaired) electrons. The van der Waals surface area contributed by atoms with Gasteiger partial charge in [-0.1, -0.05) is 17.7 Å². The fraction of sp³-hybridized carbons (Fsp3) is 0.133. The summed E-state index contributed by atoms with van der Waals surface area (Å²) in [7, 11) is 0. The molecule has 0 atom stereocenters. The van der Waals surface area contributed by atoms with E-state index < -0.39 is 10.8 Å². The molecule has 2 rings (SSSR count). The first-order valence-corrected chi connectivity index (χ1v) is 6.24. The monoisotopic (exact) mass is 286 g/mol. The molecule has 0 saturated heterocycles. The standard InChI is InChI=1S/C15H14N2O4/c1-9-3-5-12(10(2)7-9)15(19)16-13-8-11(17(20)21)4-6-14(13)18/h3-8,18H,1-2H3,(H,16,19). The third-order valence-electron chi connectivity index (χ3n) is 3.07. The van der Waals surface area contributed by atoms with Crippen LogP contribution in [0.3, 0.4) is 0 Å². The molecule has 108 valence electrons. The quantitative estimate of drug-likeness (QED) is 0.515. The number of nitro benzene ring substituents is 1. The van der Waals surface area contributed by atoms with Gasteiger partial charge in [-0.15, -0.1) is 0 Å². The van der Waals surface area contributed by atoms with Gasteiger partial charge >= 0.3 is 0 Å². The predicted octanol–water partition coefficient (Wildman–Crippen LogP) is 3.17. The minimum absolute atomic E-state index is 0.00850. The largest absolute Gasteiger partial charge is 0.506 e. The van der Waals surface area contributed by atoms with Gasteiger partial charge in [-0.05, 0) is 31.5 Å². The predicted molar refractivity (Wildman–Crippen MR) is 78.6 cm³/mol. The van der Waals surface area contributed by atoms with Crippen LogP contribution in [0.5, 0.6) is 5.75 Å². The molecule has 0 spiro atoms. The SMILES string of the molecule is Cc1ccc(C(=O)Nc2cc([N+](=O)[O-])ccc2O)c(C)c1. The first kappa shape index (κ1) is 14.5. The molecule has 0 aliphatic carbocycles. The van der Waals surface area contributed by atoms with E-state index in [1.807, 2.05) is 13.0 Å². The van der Waals surface area contributed by atoms with Gasteiger partial charge in [0.25, 0.3) is 11.6 Å². The van der Waals surface area contributed by atoms with Crippen molar-refractivity contribution in [2.45, 2.75) is 13.8 Å². The number of phenolic OH excluding ortho intramolecular Hbond substituents is 1. The van der Waals surface area contributed by atoms with Crippen LogP contribution in [0.4, 0.5) is 11.4 Å². The Labute approximate surface area is 121 Å². The van der Waals surface area contributed by atoms with Gasteiger partial charge in [0.2, 0.25) is 0 Å². The zero-order valence-electron chi connectivity index (χ0n) is 11.6. The molecule has 2 aromatic carbocycles. The molecule has 6 heteroatoms. The minimum atomic E-state index is -0.591. The topological polar surface area (TPSA) is 92.5 Å². The molecule has 2 aromatic rings. The van der Waals surface area contributed by atoms with Crippen LogP contribution in [0, 0.1) is 24.0 Å². The van der Waals surface area contributed by atoms with Crippen molar-refractivity contribution >= 4 is 17.3 Å². The van der Waals surface area contributed by atoms with Crippen molar-refractivity contribution in [2.75, 3.05) is 5.32 Å². The van der Waals surface area contributed by atoms with Gasteiger partial charge in [-0.25, -0.2) is 0 Å². The Bertz CT molecular complexity index is 726. The van der Waals surface area contributed by atoms with Gasteiger partial charge in [-0.2, -0.15) is 0 Å². The fourth-order valence-corrected chi connectivity index (χ4v) is 2.00. The third kappa shape index (κ3) is 3.17. The van der Waals surface area contributed by atoms with Crippen molar-refractivity contribution in [3.63, 3.8) is 0 Å². The van der Waals surface area contributed by atoms with Crippen LogP contribution in [-0.4, -0.2) is 15.9 Å². The lowest BCUT2D eigenvalue weighted by atomic mass is 10.1. The zero-order valence-corrected chi connectivity index (χ0v) is 11.6. The van der Waals surface area contributed by atoms with E-state index in [9.17, 15) is 20.0 Å². The molecular weight excluding hydrogens is 272 g/mol. The van der Waals surface area contributed by atoms with Crippen molar-refractivity contribution in [1.82, 2.24) is 0 Å². The number of carbonyl (C=O) groups is 1. The van der Waals surface area contributed by atoms with Crippen LogP contribution < -0.4 is 5.32 Å². The molecule has 0 fully saturated rings. The summed E-state index contributed by atoms with van der Waals surface area (Å²) < 4.78 is 0. The molecule has 0 heterocycles. The number of non-ortho nitro benzene ring substituents is 1. The normalized spacial score (nSPS) is 10.2. The second kappa shape index (κ2) is 5.62. The Kier molecular flexibility index (Phi) is 3.89. The van der Waals surface area contributed by atoms with E-state index in [2.05, 4.69) is 5.32 Å². The maximum atomic E-state index is 12.2. The van der Waals surface area contributed by atoms with Gasteiger partial charge in [0, 0.05) is 17.7 Å². The Balaban J connectivity index is 2.31. The van der Waals surface area contributed by atoms with Crippen molar-refractivity contribution in [2.24, 2.45) is 0 Å². The summed E-state index contributed by atoms with van der Waals surface area (Å²) in [6.45, 7) is 3.72. The minimum Gasteiger partial charge on any atom is -0.506 e. The molecule has 1 amide bonds. The number of amides is 1. The highest BCUT2D eigenvalue weighted by Crippen LogP contribution is 2.28. The number of nitro groups is 1. The summed E-state index contributed by atoms with van der Waals surface area (Å²) in [5.74, 6) is -0.651. The second-order valence-corrected chi connectivity index (χ2v) is 4.73. The molecule has 0 saturated carbocycles. The lowest BCUT2D eigenvalue weighted by molar-refractivity contribution is -0.384. The molecule has 2 N–H and O–H groups in total. The van der Waals surface area contributed by atoms with Crippen LogP contribution in [-0.2, 0) is 0 Å². The Morgan fingerprint density at radius 3 is 2.52 bits per heavy atom.